The monoisotopic (exact) mass is 414 g/mol. The minimum atomic E-state index is -0.0986. The van der Waals surface area contributed by atoms with E-state index >= 15 is 0 Å². The molecule has 3 rings (SSSR count). The van der Waals surface area contributed by atoms with E-state index in [2.05, 4.69) is 13.8 Å². The number of aromatic hydroxyl groups is 1. The Morgan fingerprint density at radius 1 is 1.00 bits per heavy atom. The lowest BCUT2D eigenvalue weighted by molar-refractivity contribution is -0.914. The summed E-state index contributed by atoms with van der Waals surface area (Å²) in [6.07, 6.45) is 6.03. The van der Waals surface area contributed by atoms with Gasteiger partial charge in [0.2, 0.25) is 5.43 Å². The van der Waals surface area contributed by atoms with Gasteiger partial charge in [-0.15, -0.1) is 0 Å². The number of hydrogen-bond acceptors (Lipinski definition) is 3. The molecule has 0 aliphatic rings. The van der Waals surface area contributed by atoms with Crippen LogP contribution in [0, 0.1) is 0 Å². The minimum Gasteiger partial charge on any atom is -0.507 e. The minimum absolute atomic E-state index is 0.0986. The summed E-state index contributed by atoms with van der Waals surface area (Å²) < 4.78 is 5.92. The van der Waals surface area contributed by atoms with Gasteiger partial charge < -0.3 is 14.4 Å². The Bertz CT molecular complexity index is 1000. The van der Waals surface area contributed by atoms with Crippen molar-refractivity contribution in [2.75, 3.05) is 13.1 Å². The predicted octanol–water partition coefficient (Wildman–Crippen LogP) is 4.80. The van der Waals surface area contributed by atoms with Gasteiger partial charge in [0.15, 0.2) is 0 Å². The highest BCUT2D eigenvalue weighted by atomic mass is 35.5. The molecule has 1 heterocycles. The van der Waals surface area contributed by atoms with Crippen molar-refractivity contribution >= 4 is 22.6 Å². The Hall–Kier alpha value is -2.30. The molecule has 4 nitrogen and oxygen atoms in total. The normalized spacial score (nSPS) is 11.4. The van der Waals surface area contributed by atoms with Gasteiger partial charge >= 0.3 is 0 Å². The lowest BCUT2D eigenvalue weighted by atomic mass is 10.0. The van der Waals surface area contributed by atoms with Crippen LogP contribution >= 0.6 is 11.6 Å². The van der Waals surface area contributed by atoms with Crippen molar-refractivity contribution < 1.29 is 14.4 Å². The Kier molecular flexibility index (Phi) is 7.34. The van der Waals surface area contributed by atoms with Crippen molar-refractivity contribution in [3.63, 3.8) is 0 Å². The Balaban J connectivity index is 2.01. The molecule has 0 atom stereocenters. The molecule has 3 aromatic rings. The van der Waals surface area contributed by atoms with Gasteiger partial charge in [0.1, 0.15) is 24.1 Å². The number of rotatable bonds is 9. The number of unbranched alkanes of at least 4 members (excludes halogenated alkanes) is 2. The number of fused-ring (bicyclic) bond motifs is 1. The van der Waals surface area contributed by atoms with Gasteiger partial charge in [-0.1, -0.05) is 50.4 Å². The largest absolute Gasteiger partial charge is 0.507 e. The van der Waals surface area contributed by atoms with E-state index in [9.17, 15) is 9.90 Å². The molecule has 0 bridgehead atoms. The van der Waals surface area contributed by atoms with Crippen LogP contribution in [0.3, 0.4) is 0 Å². The van der Waals surface area contributed by atoms with Crippen LogP contribution in [0.4, 0.5) is 0 Å². The zero-order chi connectivity index (χ0) is 20.8. The van der Waals surface area contributed by atoms with Crippen LogP contribution in [-0.2, 0) is 6.54 Å². The number of phenols is 1. The van der Waals surface area contributed by atoms with E-state index in [0.29, 0.717) is 33.7 Å². The molecule has 0 spiro atoms. The Labute approximate surface area is 176 Å². The summed E-state index contributed by atoms with van der Waals surface area (Å²) in [5.74, 6) is 0.186. The van der Waals surface area contributed by atoms with E-state index in [-0.39, 0.29) is 11.2 Å². The lowest BCUT2D eigenvalue weighted by Crippen LogP contribution is -3.10. The molecule has 0 amide bonds. The first kappa shape index (κ1) is 21.4. The second-order valence-electron chi connectivity index (χ2n) is 7.56. The third-order valence-corrected chi connectivity index (χ3v) is 5.62. The Morgan fingerprint density at radius 2 is 1.66 bits per heavy atom. The topological polar surface area (TPSA) is 54.9 Å². The quantitative estimate of drug-likeness (QED) is 0.528. The standard InChI is InChI=1S/C24H28ClNO3/c1-3-5-13-26(14-6-4-2)15-20-22(27)12-11-19-23(28)21(16-29-24(19)20)17-7-9-18(25)10-8-17/h7-12,16,27H,3-6,13-15H2,1-2H3/p+1. The maximum atomic E-state index is 13.1. The van der Waals surface area contributed by atoms with Crippen LogP contribution < -0.4 is 10.3 Å². The van der Waals surface area contributed by atoms with Crippen LogP contribution in [0.5, 0.6) is 5.75 Å². The summed E-state index contributed by atoms with van der Waals surface area (Å²) in [4.78, 5) is 14.5. The van der Waals surface area contributed by atoms with Crippen molar-refractivity contribution in [1.29, 1.82) is 0 Å². The van der Waals surface area contributed by atoms with Gasteiger partial charge in [-0.05, 0) is 42.7 Å². The van der Waals surface area contributed by atoms with E-state index in [0.717, 1.165) is 44.3 Å². The number of halogens is 1. The number of phenolic OH excluding ortho intramolecular Hbond substituents is 1. The molecule has 0 unspecified atom stereocenters. The summed E-state index contributed by atoms with van der Waals surface area (Å²) >= 11 is 5.96. The molecule has 0 radical (unpaired) electrons. The van der Waals surface area contributed by atoms with Crippen molar-refractivity contribution in [2.45, 2.75) is 46.1 Å². The smallest absolute Gasteiger partial charge is 0.200 e. The predicted molar refractivity (Wildman–Crippen MR) is 119 cm³/mol. The SMILES string of the molecule is CCCC[NH+](CCCC)Cc1c(O)ccc2c(=O)c(-c3ccc(Cl)cc3)coc12. The summed E-state index contributed by atoms with van der Waals surface area (Å²) in [7, 11) is 0. The fourth-order valence-corrected chi connectivity index (χ4v) is 3.78. The molecule has 2 N–H and O–H groups in total. The molecule has 0 saturated carbocycles. The first-order valence-electron chi connectivity index (χ1n) is 10.4. The summed E-state index contributed by atoms with van der Waals surface area (Å²) in [5, 5.41) is 11.6. The van der Waals surface area contributed by atoms with Crippen LogP contribution in [-0.4, -0.2) is 18.2 Å². The molecule has 5 heteroatoms. The maximum Gasteiger partial charge on any atom is 0.200 e. The number of nitrogens with one attached hydrogen (secondary N) is 1. The van der Waals surface area contributed by atoms with Crippen molar-refractivity contribution in [1.82, 2.24) is 0 Å². The van der Waals surface area contributed by atoms with E-state index in [1.54, 1.807) is 24.3 Å². The third-order valence-electron chi connectivity index (χ3n) is 5.37. The van der Waals surface area contributed by atoms with Gasteiger partial charge in [0.05, 0.1) is 29.6 Å². The highest BCUT2D eigenvalue weighted by Crippen LogP contribution is 2.28. The summed E-state index contributed by atoms with van der Waals surface area (Å²) in [5.41, 5.74) is 2.35. The van der Waals surface area contributed by atoms with Crippen molar-refractivity contribution in [2.24, 2.45) is 0 Å². The number of hydrogen-bond donors (Lipinski definition) is 2. The molecule has 0 aliphatic carbocycles. The van der Waals surface area contributed by atoms with Gasteiger partial charge in [0, 0.05) is 5.02 Å². The molecule has 0 fully saturated rings. The zero-order valence-corrected chi connectivity index (χ0v) is 17.9. The highest BCUT2D eigenvalue weighted by Gasteiger charge is 2.19. The lowest BCUT2D eigenvalue weighted by Gasteiger charge is -2.20. The maximum absolute atomic E-state index is 13.1. The van der Waals surface area contributed by atoms with Gasteiger partial charge in [-0.25, -0.2) is 0 Å². The molecule has 154 valence electrons. The third kappa shape index (κ3) is 5.01. The first-order valence-corrected chi connectivity index (χ1v) is 10.8. The summed E-state index contributed by atoms with van der Waals surface area (Å²) in [6, 6.07) is 10.4. The fraction of sp³-hybridized carbons (Fsp3) is 0.375. The fourth-order valence-electron chi connectivity index (χ4n) is 3.65. The van der Waals surface area contributed by atoms with Crippen LogP contribution in [0.15, 0.2) is 51.9 Å². The second kappa shape index (κ2) is 9.95. The molecule has 1 aromatic heterocycles. The number of quaternary nitrogens is 1. The van der Waals surface area contributed by atoms with E-state index < -0.39 is 0 Å². The molecular formula is C24H29ClNO3+. The van der Waals surface area contributed by atoms with E-state index in [1.165, 1.54) is 11.2 Å². The average Bonchev–Trinajstić information content (AvgIpc) is 2.72. The molecule has 0 aliphatic heterocycles. The van der Waals surface area contributed by atoms with Gasteiger partial charge in [0.25, 0.3) is 0 Å². The van der Waals surface area contributed by atoms with Crippen LogP contribution in [0.25, 0.3) is 22.1 Å². The molecule has 29 heavy (non-hydrogen) atoms. The zero-order valence-electron chi connectivity index (χ0n) is 17.1. The van der Waals surface area contributed by atoms with Gasteiger partial charge in [-0.2, -0.15) is 0 Å². The van der Waals surface area contributed by atoms with E-state index in [4.69, 9.17) is 16.0 Å². The first-order chi connectivity index (χ1) is 14.0. The van der Waals surface area contributed by atoms with Crippen LogP contribution in [0.1, 0.15) is 45.1 Å². The molecular weight excluding hydrogens is 386 g/mol. The number of benzene rings is 2. The van der Waals surface area contributed by atoms with Crippen LogP contribution in [0.2, 0.25) is 5.02 Å². The molecule has 0 saturated heterocycles. The molecule has 2 aromatic carbocycles. The average molecular weight is 415 g/mol. The van der Waals surface area contributed by atoms with Crippen molar-refractivity contribution in [3.8, 4) is 16.9 Å². The highest BCUT2D eigenvalue weighted by molar-refractivity contribution is 6.30. The summed E-state index contributed by atoms with van der Waals surface area (Å²) in [6.45, 7) is 7.10. The second-order valence-corrected chi connectivity index (χ2v) is 8.00. The Morgan fingerprint density at radius 3 is 2.28 bits per heavy atom. The van der Waals surface area contributed by atoms with Crippen molar-refractivity contribution in [3.05, 3.63) is 63.5 Å². The van der Waals surface area contributed by atoms with E-state index in [1.807, 2.05) is 12.1 Å². The van der Waals surface area contributed by atoms with Gasteiger partial charge in [-0.3, -0.25) is 4.79 Å².